The molecule has 0 aliphatic rings. The third-order valence-electron chi connectivity index (χ3n) is 4.92. The van der Waals surface area contributed by atoms with Gasteiger partial charge in [-0.25, -0.2) is 9.78 Å². The molecule has 0 saturated carbocycles. The Kier molecular flexibility index (Phi) is 6.37. The van der Waals surface area contributed by atoms with E-state index in [0.29, 0.717) is 16.8 Å². The number of fused-ring (bicyclic) bond motifs is 1. The summed E-state index contributed by atoms with van der Waals surface area (Å²) in [7, 11) is 0. The van der Waals surface area contributed by atoms with Crippen molar-refractivity contribution >= 4 is 27.5 Å². The molecule has 0 aliphatic carbocycles. The summed E-state index contributed by atoms with van der Waals surface area (Å²) in [5, 5.41) is 0.530. The summed E-state index contributed by atoms with van der Waals surface area (Å²) in [6, 6.07) is 6.92. The van der Waals surface area contributed by atoms with Gasteiger partial charge in [0.25, 0.3) is 5.56 Å². The van der Waals surface area contributed by atoms with Crippen molar-refractivity contribution in [2.24, 2.45) is 0 Å². The molecular weight excluding hydrogens is 388 g/mol. The number of ether oxygens (including phenoxy) is 2. The summed E-state index contributed by atoms with van der Waals surface area (Å²) in [5.74, 6) is 0.350. The van der Waals surface area contributed by atoms with Crippen molar-refractivity contribution in [3.63, 3.8) is 0 Å². The predicted octanol–water partition coefficient (Wildman–Crippen LogP) is 4.73. The summed E-state index contributed by atoms with van der Waals surface area (Å²) in [5.41, 5.74) is 1.53. The van der Waals surface area contributed by atoms with E-state index in [4.69, 9.17) is 9.47 Å². The van der Waals surface area contributed by atoms with Crippen LogP contribution in [0, 0.1) is 6.92 Å². The lowest BCUT2D eigenvalue weighted by atomic mass is 10.0. The molecule has 0 N–H and O–H groups in total. The molecule has 7 heteroatoms. The summed E-state index contributed by atoms with van der Waals surface area (Å²) in [6.07, 6.45) is 1.96. The number of aromatic nitrogens is 2. The third-order valence-corrected chi connectivity index (χ3v) is 5.93. The number of aryl methyl sites for hydroxylation is 1. The van der Waals surface area contributed by atoms with Crippen molar-refractivity contribution in [3.8, 4) is 16.9 Å². The molecule has 0 fully saturated rings. The van der Waals surface area contributed by atoms with Gasteiger partial charge < -0.3 is 9.47 Å². The fourth-order valence-electron chi connectivity index (χ4n) is 3.12. The number of carbonyl (C=O) groups is 1. The zero-order valence-electron chi connectivity index (χ0n) is 17.4. The maximum Gasteiger partial charge on any atom is 0.329 e. The molecule has 0 bridgehead atoms. The van der Waals surface area contributed by atoms with Crippen LogP contribution in [-0.4, -0.2) is 28.2 Å². The zero-order chi connectivity index (χ0) is 21.1. The van der Waals surface area contributed by atoms with Crippen LogP contribution in [0.3, 0.4) is 0 Å². The van der Waals surface area contributed by atoms with Gasteiger partial charge >= 0.3 is 5.97 Å². The fourth-order valence-corrected chi connectivity index (χ4v) is 4.12. The summed E-state index contributed by atoms with van der Waals surface area (Å²) < 4.78 is 12.3. The zero-order valence-corrected chi connectivity index (χ0v) is 18.2. The van der Waals surface area contributed by atoms with Crippen LogP contribution in [0.25, 0.3) is 21.3 Å². The molecule has 0 amide bonds. The molecule has 2 atom stereocenters. The van der Waals surface area contributed by atoms with Gasteiger partial charge in [0.2, 0.25) is 0 Å². The van der Waals surface area contributed by atoms with Gasteiger partial charge in [0.15, 0.2) is 0 Å². The van der Waals surface area contributed by atoms with Crippen LogP contribution in [0.5, 0.6) is 5.75 Å². The van der Waals surface area contributed by atoms with Crippen LogP contribution in [0.4, 0.5) is 0 Å². The number of esters is 1. The monoisotopic (exact) mass is 414 g/mol. The number of benzene rings is 1. The smallest absolute Gasteiger partial charge is 0.329 e. The predicted molar refractivity (Wildman–Crippen MR) is 116 cm³/mol. The number of hydrogen-bond donors (Lipinski definition) is 0. The summed E-state index contributed by atoms with van der Waals surface area (Å²) in [6.45, 7) is 9.95. The quantitative estimate of drug-likeness (QED) is 0.523. The van der Waals surface area contributed by atoms with Crippen molar-refractivity contribution in [3.05, 3.63) is 45.8 Å². The summed E-state index contributed by atoms with van der Waals surface area (Å²) in [4.78, 5) is 31.9. The number of thiophene rings is 1. The van der Waals surface area contributed by atoms with Crippen molar-refractivity contribution < 1.29 is 14.3 Å². The minimum Gasteiger partial charge on any atom is -0.494 e. The minimum absolute atomic E-state index is 0.194. The van der Waals surface area contributed by atoms with Crippen LogP contribution in [-0.2, 0) is 9.53 Å². The van der Waals surface area contributed by atoms with Crippen molar-refractivity contribution in [1.82, 2.24) is 9.55 Å². The highest BCUT2D eigenvalue weighted by Crippen LogP contribution is 2.36. The van der Waals surface area contributed by atoms with E-state index in [-0.39, 0.29) is 11.7 Å². The Morgan fingerprint density at radius 1 is 1.21 bits per heavy atom. The molecule has 0 saturated heterocycles. The number of rotatable bonds is 7. The Morgan fingerprint density at radius 2 is 1.90 bits per heavy atom. The number of hydrogen-bond acceptors (Lipinski definition) is 6. The highest BCUT2D eigenvalue weighted by Gasteiger charge is 2.23. The van der Waals surface area contributed by atoms with Gasteiger partial charge in [0.05, 0.1) is 24.4 Å². The maximum atomic E-state index is 13.3. The van der Waals surface area contributed by atoms with Gasteiger partial charge in [0.1, 0.15) is 16.6 Å². The molecule has 3 rings (SSSR count). The Balaban J connectivity index is 2.07. The third kappa shape index (κ3) is 4.19. The second-order valence-electron chi connectivity index (χ2n) is 6.96. The fraction of sp³-hybridized carbons (Fsp3) is 0.409. The van der Waals surface area contributed by atoms with Gasteiger partial charge in [-0.05, 0) is 51.8 Å². The van der Waals surface area contributed by atoms with Crippen molar-refractivity contribution in [1.29, 1.82) is 0 Å². The first kappa shape index (κ1) is 21.0. The molecule has 1 aromatic carbocycles. The van der Waals surface area contributed by atoms with E-state index in [0.717, 1.165) is 28.2 Å². The van der Waals surface area contributed by atoms with E-state index in [2.05, 4.69) is 4.98 Å². The van der Waals surface area contributed by atoms with E-state index in [1.54, 1.807) is 6.92 Å². The van der Waals surface area contributed by atoms with E-state index >= 15 is 0 Å². The molecule has 0 unspecified atom stereocenters. The summed E-state index contributed by atoms with van der Waals surface area (Å²) >= 11 is 1.47. The number of nitrogens with zero attached hydrogens (tertiary/aromatic N) is 2. The van der Waals surface area contributed by atoms with E-state index in [1.165, 1.54) is 22.2 Å². The second-order valence-corrected chi connectivity index (χ2v) is 8.16. The Hall–Kier alpha value is -2.67. The lowest BCUT2D eigenvalue weighted by Gasteiger charge is -2.17. The molecule has 0 radical (unpaired) electrons. The molecule has 6 nitrogen and oxygen atoms in total. The maximum absolute atomic E-state index is 13.3. The van der Waals surface area contributed by atoms with Gasteiger partial charge in [-0.3, -0.25) is 9.36 Å². The van der Waals surface area contributed by atoms with Crippen molar-refractivity contribution in [2.75, 3.05) is 6.61 Å². The van der Waals surface area contributed by atoms with Crippen molar-refractivity contribution in [2.45, 2.75) is 53.2 Å². The van der Waals surface area contributed by atoms with Crippen LogP contribution < -0.4 is 10.3 Å². The van der Waals surface area contributed by atoms with E-state index < -0.39 is 12.0 Å². The standard InChI is InChI=1S/C22H26N2O4S/c1-6-13(3)28-22(26)14(4)24-12-23-20-19(21(24)25)18(15(5)29-20)16-8-10-17(11-9-16)27-7-2/h8-14H,6-7H2,1-5H3/t13-,14+/m0/s1. The van der Waals surface area contributed by atoms with Gasteiger partial charge in [-0.2, -0.15) is 0 Å². The topological polar surface area (TPSA) is 70.4 Å². The van der Waals surface area contributed by atoms with Crippen LogP contribution in [0.2, 0.25) is 0 Å². The van der Waals surface area contributed by atoms with Crippen LogP contribution in [0.15, 0.2) is 35.4 Å². The minimum atomic E-state index is -0.748. The van der Waals surface area contributed by atoms with Crippen LogP contribution >= 0.6 is 11.3 Å². The first-order chi connectivity index (χ1) is 13.9. The number of carbonyl (C=O) groups excluding carboxylic acids is 1. The average molecular weight is 415 g/mol. The Bertz CT molecular complexity index is 1070. The van der Waals surface area contributed by atoms with E-state index in [1.807, 2.05) is 52.0 Å². The lowest BCUT2D eigenvalue weighted by Crippen LogP contribution is -2.31. The SMILES string of the molecule is CCOc1ccc(-c2c(C)sc3ncn([C@H](C)C(=O)O[C@@H](C)CC)c(=O)c23)cc1. The largest absolute Gasteiger partial charge is 0.494 e. The van der Waals surface area contributed by atoms with Gasteiger partial charge in [-0.1, -0.05) is 19.1 Å². The van der Waals surface area contributed by atoms with E-state index in [9.17, 15) is 9.59 Å². The van der Waals surface area contributed by atoms with Gasteiger partial charge in [-0.15, -0.1) is 11.3 Å². The average Bonchev–Trinajstić information content (AvgIpc) is 3.05. The second kappa shape index (κ2) is 8.78. The van der Waals surface area contributed by atoms with Gasteiger partial charge in [0, 0.05) is 10.4 Å². The molecule has 0 aliphatic heterocycles. The molecule has 0 spiro atoms. The van der Waals surface area contributed by atoms with Crippen LogP contribution in [0.1, 0.15) is 45.0 Å². The molecule has 29 heavy (non-hydrogen) atoms. The Labute approximate surface area is 174 Å². The normalized spacial score (nSPS) is 13.3. The first-order valence-electron chi connectivity index (χ1n) is 9.81. The highest BCUT2D eigenvalue weighted by molar-refractivity contribution is 7.19. The molecular formula is C22H26N2O4S. The molecule has 3 aromatic rings. The lowest BCUT2D eigenvalue weighted by molar-refractivity contribution is -0.152. The molecule has 2 heterocycles. The first-order valence-corrected chi connectivity index (χ1v) is 10.6. The highest BCUT2D eigenvalue weighted by atomic mass is 32.1. The molecule has 154 valence electrons. The Morgan fingerprint density at radius 3 is 2.52 bits per heavy atom. The molecule has 2 aromatic heterocycles.